The Hall–Kier alpha value is -2.36. The Balaban J connectivity index is 2.82. The minimum absolute atomic E-state index is 0.154. The van der Waals surface area contributed by atoms with Crippen LogP contribution in [-0.4, -0.2) is 22.2 Å². The topological polar surface area (TPSA) is 74.6 Å². The van der Waals surface area contributed by atoms with E-state index in [0.29, 0.717) is 11.1 Å². The molecule has 80 valence electrons. The van der Waals surface area contributed by atoms with Gasteiger partial charge in [0.05, 0.1) is 11.1 Å². The fourth-order valence-corrected chi connectivity index (χ4v) is 1.69. The summed E-state index contributed by atoms with van der Waals surface area (Å²) in [4.78, 5) is 22.0. The van der Waals surface area contributed by atoms with Crippen molar-refractivity contribution in [1.82, 2.24) is 0 Å². The molecule has 0 saturated heterocycles. The molecule has 0 unspecified atom stereocenters. The Bertz CT molecular complexity index is 545. The van der Waals surface area contributed by atoms with Crippen molar-refractivity contribution in [2.24, 2.45) is 0 Å². The zero-order valence-corrected chi connectivity index (χ0v) is 8.18. The number of carbonyl (C=O) groups is 2. The van der Waals surface area contributed by atoms with Gasteiger partial charge in [0.15, 0.2) is 0 Å². The summed E-state index contributed by atoms with van der Waals surface area (Å²) < 4.78 is 0. The van der Waals surface area contributed by atoms with Gasteiger partial charge in [0.25, 0.3) is 0 Å². The van der Waals surface area contributed by atoms with Gasteiger partial charge in [-0.15, -0.1) is 0 Å². The molecule has 0 aromatic rings. The Morgan fingerprint density at radius 1 is 0.938 bits per heavy atom. The summed E-state index contributed by atoms with van der Waals surface area (Å²) in [5.74, 6) is -2.45. The third kappa shape index (κ3) is 1.50. The van der Waals surface area contributed by atoms with Gasteiger partial charge >= 0.3 is 11.9 Å². The maximum Gasteiger partial charge on any atom is 0.337 e. The zero-order chi connectivity index (χ0) is 11.7. The fourth-order valence-electron chi connectivity index (χ4n) is 1.69. The Labute approximate surface area is 91.1 Å². The summed E-state index contributed by atoms with van der Waals surface area (Å²) in [7, 11) is 0. The molecule has 0 aliphatic heterocycles. The lowest BCUT2D eigenvalue weighted by Crippen LogP contribution is -2.04. The predicted octanol–water partition coefficient (Wildman–Crippen LogP) is 2.19. The van der Waals surface area contributed by atoms with E-state index in [4.69, 9.17) is 10.2 Å². The predicted molar refractivity (Wildman–Crippen MR) is 57.0 cm³/mol. The van der Waals surface area contributed by atoms with E-state index < -0.39 is 11.9 Å². The molecule has 0 bridgehead atoms. The first-order valence-electron chi connectivity index (χ1n) is 4.59. The molecule has 0 atom stereocenters. The molecule has 0 heterocycles. The van der Waals surface area contributed by atoms with E-state index in [2.05, 4.69) is 0 Å². The molecule has 2 N–H and O–H groups in total. The highest BCUT2D eigenvalue weighted by molar-refractivity contribution is 6.09. The van der Waals surface area contributed by atoms with Crippen LogP contribution in [0.1, 0.15) is 20.7 Å². The van der Waals surface area contributed by atoms with Gasteiger partial charge in [0.2, 0.25) is 0 Å². The van der Waals surface area contributed by atoms with Crippen molar-refractivity contribution in [3.8, 4) is 11.1 Å². The Morgan fingerprint density at radius 3 is 2.25 bits per heavy atom. The third-order valence-electron chi connectivity index (χ3n) is 2.35. The Kier molecular flexibility index (Phi) is 2.32. The van der Waals surface area contributed by atoms with Crippen LogP contribution in [0.5, 0.6) is 0 Å². The molecule has 0 fully saturated rings. The average molecular weight is 216 g/mol. The number of carboxylic acids is 2. The van der Waals surface area contributed by atoms with Gasteiger partial charge < -0.3 is 10.2 Å². The molecule has 0 aromatic carbocycles. The van der Waals surface area contributed by atoms with E-state index in [0.717, 1.165) is 0 Å². The number of rotatable bonds is 2. The summed E-state index contributed by atoms with van der Waals surface area (Å²) in [6.45, 7) is 0. The first kappa shape index (κ1) is 10.2. The lowest BCUT2D eigenvalue weighted by molar-refractivity contribution is 0.0653. The van der Waals surface area contributed by atoms with Gasteiger partial charge in [-0.2, -0.15) is 0 Å². The number of carboxylic acid groups (broad SMARTS) is 2. The van der Waals surface area contributed by atoms with Crippen LogP contribution in [0.25, 0.3) is 11.1 Å². The summed E-state index contributed by atoms with van der Waals surface area (Å²) in [6.07, 6.45) is 0. The molecule has 2 rings (SSSR count). The van der Waals surface area contributed by atoms with E-state index in [9.17, 15) is 9.59 Å². The molecule has 4 nitrogen and oxygen atoms in total. The molecular formula is C12H8O4. The first-order valence-corrected chi connectivity index (χ1v) is 4.59. The lowest BCUT2D eigenvalue weighted by atomic mass is 10.1. The molecule has 2 aliphatic rings. The van der Waals surface area contributed by atoms with Crippen LogP contribution in [0.2, 0.25) is 0 Å². The first-order chi connectivity index (χ1) is 7.61. The van der Waals surface area contributed by atoms with Crippen molar-refractivity contribution >= 4 is 11.9 Å². The third-order valence-corrected chi connectivity index (χ3v) is 2.35. The number of fused-ring (bicyclic) bond motifs is 1. The van der Waals surface area contributed by atoms with E-state index >= 15 is 0 Å². The smallest absolute Gasteiger partial charge is 0.337 e. The summed E-state index contributed by atoms with van der Waals surface area (Å²) >= 11 is 0. The lowest BCUT2D eigenvalue weighted by Gasteiger charge is -1.96. The standard InChI is InChI=1S/C12H8O4/c13-11(14)9-6-7-4-2-1-3-5-8(7)10(9)12(15)16/h1-6H,(H,13,14)(H,15,16). The highest BCUT2D eigenvalue weighted by Gasteiger charge is 2.24. The van der Waals surface area contributed by atoms with Crippen LogP contribution >= 0.6 is 0 Å². The van der Waals surface area contributed by atoms with E-state index in [1.54, 1.807) is 30.3 Å². The minimum Gasteiger partial charge on any atom is -0.478 e. The summed E-state index contributed by atoms with van der Waals surface area (Å²) in [6, 6.07) is 9.84. The van der Waals surface area contributed by atoms with Crippen LogP contribution in [0.3, 0.4) is 0 Å². The van der Waals surface area contributed by atoms with E-state index in [1.165, 1.54) is 6.07 Å². The number of aromatic carboxylic acids is 2. The maximum atomic E-state index is 11.0. The summed E-state index contributed by atoms with van der Waals surface area (Å²) in [5.41, 5.74) is 0.724. The molecule has 0 amide bonds. The second kappa shape index (κ2) is 3.66. The zero-order valence-electron chi connectivity index (χ0n) is 8.18. The monoisotopic (exact) mass is 216 g/mol. The highest BCUT2D eigenvalue weighted by atomic mass is 16.4. The fraction of sp³-hybridized carbons (Fsp3) is 0. The van der Waals surface area contributed by atoms with Gasteiger partial charge in [-0.05, 0) is 17.2 Å². The van der Waals surface area contributed by atoms with Crippen molar-refractivity contribution in [1.29, 1.82) is 0 Å². The number of hydrogen-bond donors (Lipinski definition) is 2. The van der Waals surface area contributed by atoms with Gasteiger partial charge in [0, 0.05) is 0 Å². The SMILES string of the molecule is O=C(O)c1cc2cccccc-2c1C(=O)O. The van der Waals surface area contributed by atoms with Gasteiger partial charge in [-0.1, -0.05) is 30.3 Å². The molecule has 0 spiro atoms. The van der Waals surface area contributed by atoms with Gasteiger partial charge in [0.1, 0.15) is 0 Å². The van der Waals surface area contributed by atoms with Crippen molar-refractivity contribution in [2.45, 2.75) is 0 Å². The van der Waals surface area contributed by atoms with Crippen molar-refractivity contribution in [2.75, 3.05) is 0 Å². The van der Waals surface area contributed by atoms with E-state index in [-0.39, 0.29) is 11.1 Å². The maximum absolute atomic E-state index is 11.0. The average Bonchev–Trinajstić information content (AvgIpc) is 2.43. The molecule has 16 heavy (non-hydrogen) atoms. The van der Waals surface area contributed by atoms with Crippen molar-refractivity contribution in [3.63, 3.8) is 0 Å². The van der Waals surface area contributed by atoms with Crippen molar-refractivity contribution in [3.05, 3.63) is 47.5 Å². The molecular weight excluding hydrogens is 208 g/mol. The summed E-state index contributed by atoms with van der Waals surface area (Å²) in [5, 5.41) is 17.9. The van der Waals surface area contributed by atoms with Crippen LogP contribution in [0.4, 0.5) is 0 Å². The molecule has 0 saturated carbocycles. The highest BCUT2D eigenvalue weighted by Crippen LogP contribution is 2.31. The largest absolute Gasteiger partial charge is 0.478 e. The van der Waals surface area contributed by atoms with Gasteiger partial charge in [-0.25, -0.2) is 9.59 Å². The molecule has 2 aliphatic carbocycles. The molecule has 4 heteroatoms. The van der Waals surface area contributed by atoms with Crippen molar-refractivity contribution < 1.29 is 19.8 Å². The molecule has 0 radical (unpaired) electrons. The second-order valence-corrected chi connectivity index (χ2v) is 3.32. The van der Waals surface area contributed by atoms with Crippen LogP contribution in [0, 0.1) is 0 Å². The quantitative estimate of drug-likeness (QED) is 0.806. The van der Waals surface area contributed by atoms with Crippen LogP contribution < -0.4 is 0 Å². The van der Waals surface area contributed by atoms with Crippen LogP contribution in [-0.2, 0) is 0 Å². The Morgan fingerprint density at radius 2 is 1.62 bits per heavy atom. The second-order valence-electron chi connectivity index (χ2n) is 3.32. The molecule has 0 aromatic heterocycles. The van der Waals surface area contributed by atoms with E-state index in [1.807, 2.05) is 0 Å². The minimum atomic E-state index is -1.23. The van der Waals surface area contributed by atoms with Gasteiger partial charge in [-0.3, -0.25) is 0 Å². The number of hydrogen-bond acceptors (Lipinski definition) is 2. The van der Waals surface area contributed by atoms with Crippen LogP contribution in [0.15, 0.2) is 36.4 Å². The normalized spacial score (nSPS) is 10.2.